The molecule has 0 saturated heterocycles. The summed E-state index contributed by atoms with van der Waals surface area (Å²) in [6.45, 7) is 5.31. The van der Waals surface area contributed by atoms with Gasteiger partial charge in [0.15, 0.2) is 0 Å². The molecule has 0 atom stereocenters. The van der Waals surface area contributed by atoms with Crippen LogP contribution in [0.3, 0.4) is 0 Å². The minimum absolute atomic E-state index is 0.240. The van der Waals surface area contributed by atoms with Gasteiger partial charge in [0.1, 0.15) is 12.4 Å². The van der Waals surface area contributed by atoms with Crippen LogP contribution in [-0.2, 0) is 0 Å². The molecule has 0 unspecified atom stereocenters. The van der Waals surface area contributed by atoms with Crippen molar-refractivity contribution in [2.75, 3.05) is 26.2 Å². The van der Waals surface area contributed by atoms with Gasteiger partial charge < -0.3 is 4.90 Å². The van der Waals surface area contributed by atoms with Crippen LogP contribution < -0.4 is 0 Å². The topological polar surface area (TPSA) is 45.0 Å². The zero-order chi connectivity index (χ0) is 9.52. The normalized spacial score (nSPS) is 17.0. The summed E-state index contributed by atoms with van der Waals surface area (Å²) in [5.74, 6) is 0.884. The SMILES string of the molecule is CCCCN1CCCN=C1CN=O. The average molecular weight is 183 g/mol. The Morgan fingerprint density at radius 2 is 2.46 bits per heavy atom. The van der Waals surface area contributed by atoms with Crippen LogP contribution in [0.15, 0.2) is 10.2 Å². The molecule has 0 aromatic heterocycles. The summed E-state index contributed by atoms with van der Waals surface area (Å²) < 4.78 is 0. The summed E-state index contributed by atoms with van der Waals surface area (Å²) in [7, 11) is 0. The fraction of sp³-hybridized carbons (Fsp3) is 0.889. The van der Waals surface area contributed by atoms with Gasteiger partial charge in [0.05, 0.1) is 0 Å². The van der Waals surface area contributed by atoms with Gasteiger partial charge in [-0.3, -0.25) is 4.99 Å². The zero-order valence-electron chi connectivity index (χ0n) is 8.20. The van der Waals surface area contributed by atoms with E-state index in [1.807, 2.05) is 0 Å². The fourth-order valence-corrected chi connectivity index (χ4v) is 1.50. The van der Waals surface area contributed by atoms with Crippen molar-refractivity contribution in [1.82, 2.24) is 4.90 Å². The van der Waals surface area contributed by atoms with E-state index in [-0.39, 0.29) is 6.54 Å². The molecule has 1 aliphatic rings. The first-order chi connectivity index (χ1) is 6.38. The molecular weight excluding hydrogens is 166 g/mol. The standard InChI is InChI=1S/C9H17N3O/c1-2-3-6-12-7-4-5-10-9(12)8-11-13/h2-8H2,1H3. The quantitative estimate of drug-likeness (QED) is 0.608. The van der Waals surface area contributed by atoms with E-state index in [2.05, 4.69) is 22.0 Å². The van der Waals surface area contributed by atoms with Crippen molar-refractivity contribution in [3.63, 3.8) is 0 Å². The van der Waals surface area contributed by atoms with Crippen LogP contribution in [0, 0.1) is 4.91 Å². The van der Waals surface area contributed by atoms with E-state index in [0.29, 0.717) is 0 Å². The Kier molecular flexibility index (Phi) is 4.43. The van der Waals surface area contributed by atoms with Crippen molar-refractivity contribution in [1.29, 1.82) is 0 Å². The van der Waals surface area contributed by atoms with Gasteiger partial charge in [-0.05, 0) is 12.8 Å². The predicted molar refractivity (Wildman–Crippen MR) is 54.1 cm³/mol. The lowest BCUT2D eigenvalue weighted by molar-refractivity contribution is 0.381. The molecule has 4 heteroatoms. The van der Waals surface area contributed by atoms with E-state index in [9.17, 15) is 4.91 Å². The molecule has 1 aliphatic heterocycles. The molecule has 4 nitrogen and oxygen atoms in total. The Hall–Kier alpha value is -0.930. The van der Waals surface area contributed by atoms with Gasteiger partial charge >= 0.3 is 0 Å². The van der Waals surface area contributed by atoms with Crippen molar-refractivity contribution in [3.05, 3.63) is 4.91 Å². The highest BCUT2D eigenvalue weighted by Crippen LogP contribution is 2.05. The maximum atomic E-state index is 10.1. The van der Waals surface area contributed by atoms with E-state index >= 15 is 0 Å². The van der Waals surface area contributed by atoms with Crippen molar-refractivity contribution in [2.24, 2.45) is 10.2 Å². The molecule has 1 rings (SSSR count). The van der Waals surface area contributed by atoms with Crippen LogP contribution in [0.1, 0.15) is 26.2 Å². The highest BCUT2D eigenvalue weighted by Gasteiger charge is 2.13. The molecule has 0 aromatic carbocycles. The number of nitroso groups, excluding NO2 is 1. The predicted octanol–water partition coefficient (Wildman–Crippen LogP) is 1.66. The molecular formula is C9H17N3O. The monoisotopic (exact) mass is 183 g/mol. The minimum Gasteiger partial charge on any atom is -0.359 e. The number of nitrogens with zero attached hydrogens (tertiary/aromatic N) is 3. The molecule has 0 bridgehead atoms. The molecule has 0 amide bonds. The van der Waals surface area contributed by atoms with Crippen molar-refractivity contribution in [2.45, 2.75) is 26.2 Å². The van der Waals surface area contributed by atoms with Crippen molar-refractivity contribution in [3.8, 4) is 0 Å². The molecule has 0 aromatic rings. The second-order valence-corrected chi connectivity index (χ2v) is 3.28. The summed E-state index contributed by atoms with van der Waals surface area (Å²) in [4.78, 5) is 16.6. The number of hydrogen-bond donors (Lipinski definition) is 0. The average Bonchev–Trinajstić information content (AvgIpc) is 2.17. The van der Waals surface area contributed by atoms with Gasteiger partial charge in [0.2, 0.25) is 0 Å². The Balaban J connectivity index is 2.44. The number of unbranched alkanes of at least 4 members (excludes halogenated alkanes) is 1. The van der Waals surface area contributed by atoms with Gasteiger partial charge in [-0.15, -0.1) is 0 Å². The van der Waals surface area contributed by atoms with Crippen molar-refractivity contribution >= 4 is 5.84 Å². The van der Waals surface area contributed by atoms with E-state index in [1.165, 1.54) is 6.42 Å². The molecule has 0 spiro atoms. The highest BCUT2D eigenvalue weighted by molar-refractivity contribution is 5.84. The van der Waals surface area contributed by atoms with Crippen LogP contribution in [-0.4, -0.2) is 36.9 Å². The van der Waals surface area contributed by atoms with Crippen molar-refractivity contribution < 1.29 is 0 Å². The zero-order valence-corrected chi connectivity index (χ0v) is 8.20. The number of aliphatic imine (C=N–C) groups is 1. The largest absolute Gasteiger partial charge is 0.359 e. The summed E-state index contributed by atoms with van der Waals surface area (Å²) in [6.07, 6.45) is 3.45. The second-order valence-electron chi connectivity index (χ2n) is 3.28. The maximum Gasteiger partial charge on any atom is 0.138 e. The summed E-state index contributed by atoms with van der Waals surface area (Å²) in [5, 5.41) is 2.90. The first-order valence-corrected chi connectivity index (χ1v) is 4.96. The Morgan fingerprint density at radius 3 is 3.15 bits per heavy atom. The van der Waals surface area contributed by atoms with Gasteiger partial charge in [-0.25, -0.2) is 0 Å². The van der Waals surface area contributed by atoms with Gasteiger partial charge in [-0.2, -0.15) is 4.91 Å². The van der Waals surface area contributed by atoms with Crippen LogP contribution in [0.2, 0.25) is 0 Å². The fourth-order valence-electron chi connectivity index (χ4n) is 1.50. The number of hydrogen-bond acceptors (Lipinski definition) is 4. The third-order valence-electron chi connectivity index (χ3n) is 2.23. The lowest BCUT2D eigenvalue weighted by atomic mass is 10.2. The molecule has 13 heavy (non-hydrogen) atoms. The first kappa shape index (κ1) is 10.2. The van der Waals surface area contributed by atoms with Gasteiger partial charge in [0.25, 0.3) is 0 Å². The molecule has 0 N–H and O–H groups in total. The Bertz CT molecular complexity index is 191. The summed E-state index contributed by atoms with van der Waals surface area (Å²) in [6, 6.07) is 0. The van der Waals surface area contributed by atoms with E-state index in [4.69, 9.17) is 0 Å². The third-order valence-corrected chi connectivity index (χ3v) is 2.23. The van der Waals surface area contributed by atoms with Crippen LogP contribution >= 0.6 is 0 Å². The van der Waals surface area contributed by atoms with Crippen LogP contribution in [0.25, 0.3) is 0 Å². The number of rotatable bonds is 5. The Labute approximate surface area is 79.0 Å². The van der Waals surface area contributed by atoms with Crippen LogP contribution in [0.5, 0.6) is 0 Å². The number of amidine groups is 1. The lowest BCUT2D eigenvalue weighted by Gasteiger charge is -2.27. The first-order valence-electron chi connectivity index (χ1n) is 4.96. The van der Waals surface area contributed by atoms with E-state index < -0.39 is 0 Å². The van der Waals surface area contributed by atoms with Gasteiger partial charge in [0, 0.05) is 19.6 Å². The maximum absolute atomic E-state index is 10.1. The summed E-state index contributed by atoms with van der Waals surface area (Å²) in [5.41, 5.74) is 0. The molecule has 0 fully saturated rings. The molecule has 0 radical (unpaired) electrons. The van der Waals surface area contributed by atoms with Crippen LogP contribution in [0.4, 0.5) is 0 Å². The van der Waals surface area contributed by atoms with E-state index in [0.717, 1.165) is 38.3 Å². The third kappa shape index (κ3) is 3.13. The lowest BCUT2D eigenvalue weighted by Crippen LogP contribution is -2.38. The Morgan fingerprint density at radius 1 is 1.62 bits per heavy atom. The summed E-state index contributed by atoms with van der Waals surface area (Å²) >= 11 is 0. The minimum atomic E-state index is 0.240. The molecule has 74 valence electrons. The second kappa shape index (κ2) is 5.67. The smallest absolute Gasteiger partial charge is 0.138 e. The molecule has 1 heterocycles. The molecule has 0 saturated carbocycles. The van der Waals surface area contributed by atoms with Gasteiger partial charge in [-0.1, -0.05) is 18.5 Å². The molecule has 0 aliphatic carbocycles. The highest BCUT2D eigenvalue weighted by atomic mass is 16.3. The van der Waals surface area contributed by atoms with E-state index in [1.54, 1.807) is 0 Å².